The molecule has 4 atom stereocenters. The lowest BCUT2D eigenvalue weighted by Crippen LogP contribution is -2.60. The first-order valence-electron chi connectivity index (χ1n) is 6.88. The van der Waals surface area contributed by atoms with Gasteiger partial charge in [-0.2, -0.15) is 0 Å². The van der Waals surface area contributed by atoms with Gasteiger partial charge in [-0.25, -0.2) is 9.98 Å². The van der Waals surface area contributed by atoms with Gasteiger partial charge in [-0.15, -0.1) is 0 Å². The van der Waals surface area contributed by atoms with Crippen LogP contribution in [-0.4, -0.2) is 80.7 Å². The fourth-order valence-electron chi connectivity index (χ4n) is 2.80. The van der Waals surface area contributed by atoms with Gasteiger partial charge in [0, 0.05) is 0 Å². The minimum absolute atomic E-state index is 0.112. The summed E-state index contributed by atoms with van der Waals surface area (Å²) in [6.45, 7) is 3.11. The van der Waals surface area contributed by atoms with E-state index < -0.39 is 35.9 Å². The number of ether oxygens (including phenoxy) is 1. The second kappa shape index (κ2) is 4.78. The number of hydrogen-bond acceptors (Lipinski definition) is 10. The molecule has 0 saturated carbocycles. The van der Waals surface area contributed by atoms with Gasteiger partial charge in [-0.05, 0) is 13.8 Å². The summed E-state index contributed by atoms with van der Waals surface area (Å²) in [5.41, 5.74) is 10.6. The Morgan fingerprint density at radius 1 is 1.36 bits per heavy atom. The van der Waals surface area contributed by atoms with Gasteiger partial charge < -0.3 is 25.0 Å². The Labute approximate surface area is 126 Å². The van der Waals surface area contributed by atoms with E-state index in [9.17, 15) is 15.3 Å². The van der Waals surface area contributed by atoms with Gasteiger partial charge in [-0.1, -0.05) is 0 Å². The van der Waals surface area contributed by atoms with Gasteiger partial charge in [0.15, 0.2) is 12.1 Å². The molecule has 3 aliphatic heterocycles. The topological polar surface area (TPSA) is 162 Å². The van der Waals surface area contributed by atoms with Crippen LogP contribution in [0.5, 0.6) is 0 Å². The quantitative estimate of drug-likeness (QED) is 0.338. The molecule has 0 aromatic heterocycles. The fourth-order valence-corrected chi connectivity index (χ4v) is 2.80. The third kappa shape index (κ3) is 2.24. The van der Waals surface area contributed by atoms with Crippen LogP contribution in [0.3, 0.4) is 0 Å². The first kappa shape index (κ1) is 15.5. The highest BCUT2D eigenvalue weighted by Gasteiger charge is 2.53. The Morgan fingerprint density at radius 3 is 2.64 bits per heavy atom. The van der Waals surface area contributed by atoms with Gasteiger partial charge in [0.2, 0.25) is 5.79 Å². The average molecular weight is 312 g/mol. The minimum Gasteiger partial charge on any atom is -0.388 e. The van der Waals surface area contributed by atoms with Crippen molar-refractivity contribution in [3.05, 3.63) is 0 Å². The highest BCUT2D eigenvalue weighted by atomic mass is 16.6. The number of aliphatic imine (C=N–C) groups is 3. The van der Waals surface area contributed by atoms with Crippen molar-refractivity contribution in [1.82, 2.24) is 4.90 Å². The maximum atomic E-state index is 10.2. The number of amidine groups is 1. The van der Waals surface area contributed by atoms with Crippen molar-refractivity contribution in [2.75, 3.05) is 6.67 Å². The van der Waals surface area contributed by atoms with Crippen LogP contribution in [0.25, 0.3) is 0 Å². The van der Waals surface area contributed by atoms with Gasteiger partial charge in [0.1, 0.15) is 37.0 Å². The molecule has 1 saturated heterocycles. The lowest BCUT2D eigenvalue weighted by Gasteiger charge is -2.31. The molecular formula is C12H20N6O4. The molecule has 0 spiro atoms. The largest absolute Gasteiger partial charge is 0.388 e. The zero-order valence-electron chi connectivity index (χ0n) is 12.3. The van der Waals surface area contributed by atoms with Crippen LogP contribution in [0, 0.1) is 0 Å². The van der Waals surface area contributed by atoms with Crippen molar-refractivity contribution in [1.29, 1.82) is 0 Å². The standard InChI is InChI=1S/C12H20N6O4/c1-11(2,21)8-5(19)6(20)10(22-8)18-4-16-7-9(18)15-3-17-12(7,13)14/h3,5-6,8,10,19-21H,4,13-14H2,1-2H3/t5-,6+,8-,10+/m0/s1. The number of aliphatic hydroxyl groups excluding tert-OH is 2. The lowest BCUT2D eigenvalue weighted by atomic mass is 9.96. The summed E-state index contributed by atoms with van der Waals surface area (Å²) in [5, 5.41) is 30.4. The third-order valence-corrected chi connectivity index (χ3v) is 3.94. The van der Waals surface area contributed by atoms with Crippen molar-refractivity contribution in [2.24, 2.45) is 26.4 Å². The number of fused-ring (bicyclic) bond motifs is 1. The predicted octanol–water partition coefficient (Wildman–Crippen LogP) is -3.07. The summed E-state index contributed by atoms with van der Waals surface area (Å²) in [6, 6.07) is 0. The van der Waals surface area contributed by atoms with Crippen LogP contribution in [0.2, 0.25) is 0 Å². The molecule has 0 radical (unpaired) electrons. The molecule has 3 aliphatic rings. The van der Waals surface area contributed by atoms with Crippen LogP contribution in [0.4, 0.5) is 0 Å². The molecule has 0 bridgehead atoms. The molecule has 3 rings (SSSR count). The van der Waals surface area contributed by atoms with Crippen molar-refractivity contribution < 1.29 is 20.1 Å². The summed E-state index contributed by atoms with van der Waals surface area (Å²) in [6.07, 6.45) is -3.13. The normalized spacial score (nSPS) is 37.1. The number of hydrogen-bond donors (Lipinski definition) is 5. The minimum atomic E-state index is -1.48. The van der Waals surface area contributed by atoms with E-state index in [0.29, 0.717) is 5.84 Å². The van der Waals surface area contributed by atoms with E-state index in [2.05, 4.69) is 15.0 Å². The highest BCUT2D eigenvalue weighted by Crippen LogP contribution is 2.32. The van der Waals surface area contributed by atoms with Crippen molar-refractivity contribution in [3.8, 4) is 0 Å². The summed E-state index contributed by atoms with van der Waals surface area (Å²) in [7, 11) is 0. The van der Waals surface area contributed by atoms with Gasteiger partial charge in [0.05, 0.1) is 5.60 Å². The molecule has 10 nitrogen and oxygen atoms in total. The van der Waals surface area contributed by atoms with Crippen LogP contribution in [-0.2, 0) is 4.74 Å². The van der Waals surface area contributed by atoms with Gasteiger partial charge in [-0.3, -0.25) is 16.5 Å². The van der Waals surface area contributed by atoms with E-state index in [1.165, 1.54) is 25.1 Å². The summed E-state index contributed by atoms with van der Waals surface area (Å²) in [4.78, 5) is 13.7. The summed E-state index contributed by atoms with van der Waals surface area (Å²) < 4.78 is 5.65. The molecule has 0 amide bonds. The van der Waals surface area contributed by atoms with Crippen LogP contribution >= 0.6 is 0 Å². The zero-order chi connectivity index (χ0) is 16.3. The molecule has 3 heterocycles. The SMILES string of the molecule is CC(C)(O)[C@H]1O[C@@H](N2CN=C3C2=NC=NC3(N)N)[C@H](O)[C@@H]1O. The van der Waals surface area contributed by atoms with Crippen LogP contribution in [0.1, 0.15) is 13.8 Å². The van der Waals surface area contributed by atoms with Crippen LogP contribution in [0.15, 0.2) is 15.0 Å². The molecule has 0 unspecified atom stereocenters. The van der Waals surface area contributed by atoms with Crippen molar-refractivity contribution >= 4 is 17.9 Å². The van der Waals surface area contributed by atoms with E-state index in [0.717, 1.165) is 0 Å². The Kier molecular flexibility index (Phi) is 3.36. The fraction of sp³-hybridized carbons (Fsp3) is 0.750. The molecule has 1 fully saturated rings. The maximum absolute atomic E-state index is 10.2. The first-order chi connectivity index (χ1) is 10.1. The Morgan fingerprint density at radius 2 is 2.05 bits per heavy atom. The monoisotopic (exact) mass is 312 g/mol. The second-order valence-corrected chi connectivity index (χ2v) is 6.22. The van der Waals surface area contributed by atoms with Gasteiger partial charge >= 0.3 is 0 Å². The van der Waals surface area contributed by atoms with E-state index in [4.69, 9.17) is 16.2 Å². The number of nitrogens with two attached hydrogens (primary N) is 2. The molecule has 0 aromatic rings. The third-order valence-electron chi connectivity index (χ3n) is 3.94. The second-order valence-electron chi connectivity index (χ2n) is 6.22. The zero-order valence-corrected chi connectivity index (χ0v) is 12.3. The van der Waals surface area contributed by atoms with Crippen molar-refractivity contribution in [2.45, 2.75) is 49.8 Å². The van der Waals surface area contributed by atoms with Crippen molar-refractivity contribution in [3.63, 3.8) is 0 Å². The Bertz CT molecular complexity index is 566. The molecule has 0 aromatic carbocycles. The predicted molar refractivity (Wildman–Crippen MR) is 78.1 cm³/mol. The van der Waals surface area contributed by atoms with E-state index in [1.807, 2.05) is 0 Å². The molecule has 22 heavy (non-hydrogen) atoms. The molecular weight excluding hydrogens is 292 g/mol. The molecule has 0 aliphatic carbocycles. The summed E-state index contributed by atoms with van der Waals surface area (Å²) in [5.74, 6) is -1.14. The Hall–Kier alpha value is -1.43. The highest BCUT2D eigenvalue weighted by molar-refractivity contribution is 6.47. The summed E-state index contributed by atoms with van der Waals surface area (Å²) >= 11 is 0. The van der Waals surface area contributed by atoms with E-state index in [-0.39, 0.29) is 12.4 Å². The van der Waals surface area contributed by atoms with Crippen LogP contribution < -0.4 is 11.5 Å². The Balaban J connectivity index is 1.85. The maximum Gasteiger partial charge on any atom is 0.208 e. The first-order valence-corrected chi connectivity index (χ1v) is 6.88. The number of nitrogens with zero attached hydrogens (tertiary/aromatic N) is 4. The number of rotatable bonds is 2. The van der Waals surface area contributed by atoms with E-state index in [1.54, 1.807) is 0 Å². The smallest absolute Gasteiger partial charge is 0.208 e. The van der Waals surface area contributed by atoms with Gasteiger partial charge in [0.25, 0.3) is 0 Å². The molecule has 7 N–H and O–H groups in total. The average Bonchev–Trinajstić information content (AvgIpc) is 2.93. The molecule has 122 valence electrons. The molecule has 10 heteroatoms. The lowest BCUT2D eigenvalue weighted by molar-refractivity contribution is -0.128. The number of aliphatic hydroxyl groups is 3. The van der Waals surface area contributed by atoms with E-state index >= 15 is 0 Å².